The van der Waals surface area contributed by atoms with Gasteiger partial charge in [0.05, 0.1) is 6.26 Å². The van der Waals surface area contributed by atoms with Crippen molar-refractivity contribution in [3.63, 3.8) is 0 Å². The monoisotopic (exact) mass is 342 g/mol. The summed E-state index contributed by atoms with van der Waals surface area (Å²) in [5.41, 5.74) is 0.671. The van der Waals surface area contributed by atoms with Gasteiger partial charge in [0.2, 0.25) is 0 Å². The number of amides is 3. The van der Waals surface area contributed by atoms with E-state index < -0.39 is 22.1 Å². The lowest BCUT2D eigenvalue weighted by Gasteiger charge is -2.04. The van der Waals surface area contributed by atoms with Gasteiger partial charge in [-0.2, -0.15) is 8.42 Å². The third kappa shape index (κ3) is 4.34. The second kappa shape index (κ2) is 6.20. The molecule has 1 heterocycles. The van der Waals surface area contributed by atoms with Crippen LogP contribution >= 0.6 is 11.6 Å². The minimum absolute atomic E-state index is 0.0835. The number of hydrogen-bond acceptors (Lipinski definition) is 5. The molecule has 0 unspecified atom stereocenters. The summed E-state index contributed by atoms with van der Waals surface area (Å²) in [5, 5.41) is 4.67. The quantitative estimate of drug-likeness (QED) is 0.488. The van der Waals surface area contributed by atoms with E-state index in [-0.39, 0.29) is 11.4 Å². The topological polar surface area (TPSA) is 102 Å². The Bertz CT molecular complexity index is 781. The lowest BCUT2D eigenvalue weighted by Crippen LogP contribution is -2.22. The highest BCUT2D eigenvalue weighted by Gasteiger charge is 2.21. The summed E-state index contributed by atoms with van der Waals surface area (Å²) in [7, 11) is -3.58. The van der Waals surface area contributed by atoms with E-state index >= 15 is 0 Å². The predicted molar refractivity (Wildman–Crippen MR) is 80.5 cm³/mol. The number of hydrogen-bond donors (Lipinski definition) is 2. The minimum Gasteiger partial charge on any atom is -0.383 e. The van der Waals surface area contributed by atoms with Crippen molar-refractivity contribution in [2.45, 2.75) is 0 Å². The molecule has 1 saturated heterocycles. The van der Waals surface area contributed by atoms with Crippen molar-refractivity contribution in [1.29, 1.82) is 0 Å². The van der Waals surface area contributed by atoms with E-state index in [1.807, 2.05) is 0 Å². The van der Waals surface area contributed by atoms with Crippen LogP contribution < -0.4 is 14.8 Å². The average molecular weight is 343 g/mol. The molecule has 0 spiro atoms. The van der Waals surface area contributed by atoms with Crippen molar-refractivity contribution < 1.29 is 22.2 Å². The second-order valence-corrected chi connectivity index (χ2v) is 6.30. The largest absolute Gasteiger partial charge is 0.383 e. The van der Waals surface area contributed by atoms with E-state index in [1.54, 1.807) is 12.1 Å². The molecule has 7 nitrogen and oxygen atoms in total. The summed E-state index contributed by atoms with van der Waals surface area (Å²) in [4.78, 5) is 22.2. The lowest BCUT2D eigenvalue weighted by molar-refractivity contribution is -0.115. The fourth-order valence-electron chi connectivity index (χ4n) is 1.60. The van der Waals surface area contributed by atoms with Crippen LogP contribution in [-0.4, -0.2) is 26.6 Å². The molecule has 0 radical (unpaired) electrons. The van der Waals surface area contributed by atoms with E-state index in [0.29, 0.717) is 10.6 Å². The molecule has 0 saturated carbocycles. The molecule has 116 valence electrons. The molecular weight excluding hydrogens is 332 g/mol. The van der Waals surface area contributed by atoms with E-state index in [4.69, 9.17) is 15.8 Å². The Hall–Kier alpha value is -2.32. The third-order valence-electron chi connectivity index (χ3n) is 2.49. The highest BCUT2D eigenvalue weighted by Crippen LogP contribution is 2.22. The van der Waals surface area contributed by atoms with Crippen LogP contribution in [0, 0.1) is 0 Å². The number of imide groups is 1. The maximum absolute atomic E-state index is 11.3. The summed E-state index contributed by atoms with van der Waals surface area (Å²) in [6.45, 7) is 0. The number of halogens is 1. The van der Waals surface area contributed by atoms with Crippen LogP contribution in [-0.2, 0) is 14.9 Å². The molecule has 1 fully saturated rings. The molecule has 0 atom stereocenters. The first kappa shape index (κ1) is 16.1. The van der Waals surface area contributed by atoms with Gasteiger partial charge in [-0.3, -0.25) is 10.1 Å². The highest BCUT2D eigenvalue weighted by atomic mass is 35.5. The SMILES string of the molecule is CS(=O)(=O)Oc1ccc(/C(Cl)=C\C=C2\NC(=O)NC2=O)cc1. The number of carbonyl (C=O) groups excluding carboxylic acids is 2. The van der Waals surface area contributed by atoms with E-state index in [9.17, 15) is 18.0 Å². The molecule has 2 rings (SSSR count). The zero-order valence-corrected chi connectivity index (χ0v) is 12.9. The fourth-order valence-corrected chi connectivity index (χ4v) is 2.25. The first-order chi connectivity index (χ1) is 10.2. The van der Waals surface area contributed by atoms with Crippen LogP contribution in [0.4, 0.5) is 4.79 Å². The Balaban J connectivity index is 2.14. The molecule has 1 aliphatic heterocycles. The van der Waals surface area contributed by atoms with Crippen molar-refractivity contribution in [3.05, 3.63) is 47.7 Å². The predicted octanol–water partition coefficient (Wildman–Crippen LogP) is 1.33. The number of allylic oxidation sites excluding steroid dienone is 2. The summed E-state index contributed by atoms with van der Waals surface area (Å²) >= 11 is 6.07. The zero-order chi connectivity index (χ0) is 16.3. The Labute approximate surface area is 131 Å². The van der Waals surface area contributed by atoms with Crippen molar-refractivity contribution >= 4 is 38.7 Å². The minimum atomic E-state index is -3.58. The average Bonchev–Trinajstić information content (AvgIpc) is 2.73. The normalized spacial score (nSPS) is 17.4. The number of urea groups is 1. The third-order valence-corrected chi connectivity index (χ3v) is 3.33. The van der Waals surface area contributed by atoms with Crippen LogP contribution in [0.3, 0.4) is 0 Å². The maximum Gasteiger partial charge on any atom is 0.326 e. The van der Waals surface area contributed by atoms with Gasteiger partial charge in [0.25, 0.3) is 5.91 Å². The van der Waals surface area contributed by atoms with Crippen molar-refractivity contribution in [3.8, 4) is 5.75 Å². The van der Waals surface area contributed by atoms with Crippen LogP contribution in [0.15, 0.2) is 42.1 Å². The van der Waals surface area contributed by atoms with Gasteiger partial charge in [-0.25, -0.2) is 4.79 Å². The lowest BCUT2D eigenvalue weighted by atomic mass is 10.2. The summed E-state index contributed by atoms with van der Waals surface area (Å²) in [5.74, 6) is -0.376. The van der Waals surface area contributed by atoms with Crippen molar-refractivity contribution in [2.75, 3.05) is 6.26 Å². The molecule has 0 aliphatic carbocycles. The molecule has 0 aromatic heterocycles. The highest BCUT2D eigenvalue weighted by molar-refractivity contribution is 7.86. The van der Waals surface area contributed by atoms with Gasteiger partial charge in [0.15, 0.2) is 0 Å². The molecule has 22 heavy (non-hydrogen) atoms. The Morgan fingerprint density at radius 1 is 1.18 bits per heavy atom. The number of nitrogens with one attached hydrogen (secondary N) is 2. The van der Waals surface area contributed by atoms with Crippen molar-refractivity contribution in [1.82, 2.24) is 10.6 Å². The van der Waals surface area contributed by atoms with Gasteiger partial charge >= 0.3 is 16.1 Å². The first-order valence-electron chi connectivity index (χ1n) is 5.94. The van der Waals surface area contributed by atoms with Crippen molar-refractivity contribution in [2.24, 2.45) is 0 Å². The van der Waals surface area contributed by atoms with Crippen LogP contribution in [0.2, 0.25) is 0 Å². The standard InChI is InChI=1S/C13H11ClN2O5S/c1-22(19,20)21-9-4-2-8(3-5-9)10(14)6-7-11-12(17)16-13(18)15-11/h2-7H,1H3,(H2,15,16,17,18)/b10-6+,11-7+. The molecule has 1 aromatic rings. The number of carbonyl (C=O) groups is 2. The Morgan fingerprint density at radius 2 is 1.82 bits per heavy atom. The van der Waals surface area contributed by atoms with E-state index in [0.717, 1.165) is 6.26 Å². The van der Waals surface area contributed by atoms with E-state index in [2.05, 4.69) is 10.6 Å². The Kier molecular flexibility index (Phi) is 4.53. The molecule has 1 aliphatic rings. The summed E-state index contributed by atoms with van der Waals surface area (Å²) in [6.07, 6.45) is 3.75. The van der Waals surface area contributed by atoms with Gasteiger partial charge in [-0.1, -0.05) is 11.6 Å². The smallest absolute Gasteiger partial charge is 0.326 e. The van der Waals surface area contributed by atoms with Crippen LogP contribution in [0.5, 0.6) is 5.75 Å². The van der Waals surface area contributed by atoms with Gasteiger partial charge in [0.1, 0.15) is 11.4 Å². The van der Waals surface area contributed by atoms with E-state index in [1.165, 1.54) is 24.3 Å². The summed E-state index contributed by atoms with van der Waals surface area (Å²) < 4.78 is 26.7. The first-order valence-corrected chi connectivity index (χ1v) is 8.14. The molecule has 0 bridgehead atoms. The number of benzene rings is 1. The zero-order valence-electron chi connectivity index (χ0n) is 11.3. The van der Waals surface area contributed by atoms with Gasteiger partial charge in [-0.05, 0) is 42.0 Å². The maximum atomic E-state index is 11.3. The molecule has 9 heteroatoms. The molecule has 3 amide bonds. The molecule has 1 aromatic carbocycles. The molecule has 2 N–H and O–H groups in total. The second-order valence-electron chi connectivity index (χ2n) is 4.32. The molecular formula is C13H11ClN2O5S. The number of rotatable bonds is 4. The fraction of sp³-hybridized carbons (Fsp3) is 0.0769. The Morgan fingerprint density at radius 3 is 2.32 bits per heavy atom. The van der Waals surface area contributed by atoms with Crippen LogP contribution in [0.1, 0.15) is 5.56 Å². The van der Waals surface area contributed by atoms with Gasteiger partial charge in [-0.15, -0.1) is 0 Å². The van der Waals surface area contributed by atoms with Gasteiger partial charge in [0, 0.05) is 5.03 Å². The van der Waals surface area contributed by atoms with Crippen LogP contribution in [0.25, 0.3) is 5.03 Å². The summed E-state index contributed by atoms with van der Waals surface area (Å²) in [6, 6.07) is 5.42. The van der Waals surface area contributed by atoms with Gasteiger partial charge < -0.3 is 9.50 Å².